The number of nitriles is 1. The summed E-state index contributed by atoms with van der Waals surface area (Å²) in [7, 11) is 1.53. The fraction of sp³-hybridized carbons (Fsp3) is 0.520. The summed E-state index contributed by atoms with van der Waals surface area (Å²) in [5, 5.41) is 16.2. The molecule has 1 fully saturated rings. The van der Waals surface area contributed by atoms with E-state index in [4.69, 9.17) is 16.3 Å². The van der Waals surface area contributed by atoms with Crippen molar-refractivity contribution in [3.05, 3.63) is 28.9 Å². The SMILES string of the molecule is COc1ccc(Cl)c2[nH]c(C(=O)N[C@@H](CC(C)(C)C)C(=O)N[C@H](C#N)C[C@@H]3CCCC3=O)cc12. The normalized spacial score (nSPS) is 17.8. The van der Waals surface area contributed by atoms with E-state index in [1.165, 1.54) is 7.11 Å². The first-order valence-corrected chi connectivity index (χ1v) is 11.8. The summed E-state index contributed by atoms with van der Waals surface area (Å²) < 4.78 is 5.35. The van der Waals surface area contributed by atoms with Crippen LogP contribution in [0.2, 0.25) is 5.02 Å². The average molecular weight is 487 g/mol. The predicted molar refractivity (Wildman–Crippen MR) is 130 cm³/mol. The summed E-state index contributed by atoms with van der Waals surface area (Å²) in [5.41, 5.74) is 0.529. The van der Waals surface area contributed by atoms with Gasteiger partial charge in [0, 0.05) is 17.7 Å². The smallest absolute Gasteiger partial charge is 0.268 e. The number of ketones is 1. The molecule has 3 atom stereocenters. The van der Waals surface area contributed by atoms with Crippen LogP contribution >= 0.6 is 11.6 Å². The van der Waals surface area contributed by atoms with Crippen molar-refractivity contribution < 1.29 is 19.1 Å². The number of aromatic amines is 1. The molecule has 0 spiro atoms. The van der Waals surface area contributed by atoms with Crippen LogP contribution in [0.5, 0.6) is 5.75 Å². The lowest BCUT2D eigenvalue weighted by atomic mass is 9.87. The van der Waals surface area contributed by atoms with Gasteiger partial charge in [0.05, 0.1) is 23.7 Å². The second-order valence-electron chi connectivity index (χ2n) is 9.99. The third-order valence-corrected chi connectivity index (χ3v) is 6.34. The number of Topliss-reactive ketones (excluding diaryl/α,β-unsaturated/α-hetero) is 1. The van der Waals surface area contributed by atoms with E-state index in [-0.39, 0.29) is 29.2 Å². The van der Waals surface area contributed by atoms with Crippen LogP contribution in [-0.2, 0) is 9.59 Å². The molecule has 1 aliphatic carbocycles. The number of H-pyrrole nitrogens is 1. The van der Waals surface area contributed by atoms with E-state index in [9.17, 15) is 19.6 Å². The fourth-order valence-corrected chi connectivity index (χ4v) is 4.57. The van der Waals surface area contributed by atoms with Crippen LogP contribution in [0.25, 0.3) is 10.9 Å². The van der Waals surface area contributed by atoms with Gasteiger partial charge in [0.1, 0.15) is 29.3 Å². The Morgan fingerprint density at radius 2 is 2.06 bits per heavy atom. The molecule has 0 radical (unpaired) electrons. The highest BCUT2D eigenvalue weighted by Gasteiger charge is 2.32. The Bertz CT molecular complexity index is 1130. The van der Waals surface area contributed by atoms with Crippen molar-refractivity contribution in [2.45, 2.75) is 65.0 Å². The number of carbonyl (C=O) groups excluding carboxylic acids is 3. The Morgan fingerprint density at radius 1 is 1.32 bits per heavy atom. The van der Waals surface area contributed by atoms with Crippen molar-refractivity contribution in [3.63, 3.8) is 0 Å². The van der Waals surface area contributed by atoms with Gasteiger partial charge < -0.3 is 20.4 Å². The summed E-state index contributed by atoms with van der Waals surface area (Å²) in [6.07, 6.45) is 2.73. The lowest BCUT2D eigenvalue weighted by Crippen LogP contribution is -2.51. The molecule has 2 aromatic rings. The summed E-state index contributed by atoms with van der Waals surface area (Å²) in [6.45, 7) is 5.89. The second-order valence-corrected chi connectivity index (χ2v) is 10.4. The van der Waals surface area contributed by atoms with Gasteiger partial charge in [-0.05, 0) is 49.3 Å². The third-order valence-electron chi connectivity index (χ3n) is 6.03. The van der Waals surface area contributed by atoms with Crippen molar-refractivity contribution >= 4 is 40.1 Å². The van der Waals surface area contributed by atoms with Crippen LogP contribution in [0, 0.1) is 22.7 Å². The average Bonchev–Trinajstić information content (AvgIpc) is 3.39. The highest BCUT2D eigenvalue weighted by atomic mass is 35.5. The standard InChI is InChI=1S/C25H31ClN4O4/c1-25(2,3)12-19(24(33)28-15(13-27)10-14-6-5-7-20(14)31)30-23(32)18-11-16-21(34-4)9-8-17(26)22(16)29-18/h8-9,11,14-15,19,29H,5-7,10,12H2,1-4H3,(H,28,33)(H,30,32)/t14-,15-,19-/m0/s1. The van der Waals surface area contributed by atoms with Gasteiger partial charge in [0.25, 0.3) is 5.91 Å². The molecular weight excluding hydrogens is 456 g/mol. The zero-order chi connectivity index (χ0) is 25.0. The molecule has 2 amide bonds. The third kappa shape index (κ3) is 6.09. The molecule has 182 valence electrons. The number of nitrogens with zero attached hydrogens (tertiary/aromatic N) is 1. The molecule has 0 aliphatic heterocycles. The van der Waals surface area contributed by atoms with Gasteiger partial charge in [-0.25, -0.2) is 0 Å². The van der Waals surface area contributed by atoms with Gasteiger partial charge in [0.15, 0.2) is 0 Å². The number of nitrogens with one attached hydrogen (secondary N) is 3. The van der Waals surface area contributed by atoms with Crippen molar-refractivity contribution in [3.8, 4) is 11.8 Å². The summed E-state index contributed by atoms with van der Waals surface area (Å²) in [5.74, 6) is -0.421. The number of rotatable bonds is 8. The number of hydrogen-bond acceptors (Lipinski definition) is 5. The maximum atomic E-state index is 13.1. The molecule has 0 unspecified atom stereocenters. The Balaban J connectivity index is 1.78. The molecule has 1 heterocycles. The minimum Gasteiger partial charge on any atom is -0.496 e. The van der Waals surface area contributed by atoms with Gasteiger partial charge in [-0.15, -0.1) is 0 Å². The molecule has 1 aliphatic rings. The molecular formula is C25H31ClN4O4. The molecule has 0 saturated heterocycles. The maximum Gasteiger partial charge on any atom is 0.268 e. The monoisotopic (exact) mass is 486 g/mol. The first-order valence-electron chi connectivity index (χ1n) is 11.4. The molecule has 1 aromatic heterocycles. The molecule has 3 rings (SSSR count). The largest absolute Gasteiger partial charge is 0.496 e. The van der Waals surface area contributed by atoms with Crippen molar-refractivity contribution in [1.29, 1.82) is 5.26 Å². The van der Waals surface area contributed by atoms with E-state index in [0.717, 1.165) is 12.8 Å². The van der Waals surface area contributed by atoms with E-state index in [2.05, 4.69) is 21.7 Å². The van der Waals surface area contributed by atoms with Gasteiger partial charge in [-0.1, -0.05) is 32.4 Å². The lowest BCUT2D eigenvalue weighted by molar-refractivity contribution is -0.125. The van der Waals surface area contributed by atoms with Gasteiger partial charge in [0.2, 0.25) is 5.91 Å². The number of benzene rings is 1. The summed E-state index contributed by atoms with van der Waals surface area (Å²) in [4.78, 5) is 41.2. The Morgan fingerprint density at radius 3 is 2.65 bits per heavy atom. The van der Waals surface area contributed by atoms with Crippen molar-refractivity contribution in [2.24, 2.45) is 11.3 Å². The molecule has 0 bridgehead atoms. The molecule has 1 saturated carbocycles. The summed E-state index contributed by atoms with van der Waals surface area (Å²) >= 11 is 6.26. The highest BCUT2D eigenvalue weighted by Crippen LogP contribution is 2.32. The maximum absolute atomic E-state index is 13.1. The van der Waals surface area contributed by atoms with Crippen LogP contribution in [0.15, 0.2) is 18.2 Å². The van der Waals surface area contributed by atoms with Gasteiger partial charge in [-0.3, -0.25) is 14.4 Å². The van der Waals surface area contributed by atoms with E-state index in [1.807, 2.05) is 20.8 Å². The lowest BCUT2D eigenvalue weighted by Gasteiger charge is -2.27. The Kier molecular flexibility index (Phi) is 7.88. The zero-order valence-corrected chi connectivity index (χ0v) is 20.7. The number of halogens is 1. The topological polar surface area (TPSA) is 124 Å². The van der Waals surface area contributed by atoms with Gasteiger partial charge in [-0.2, -0.15) is 5.26 Å². The van der Waals surface area contributed by atoms with E-state index in [1.54, 1.807) is 18.2 Å². The summed E-state index contributed by atoms with van der Waals surface area (Å²) in [6, 6.07) is 5.44. The zero-order valence-electron chi connectivity index (χ0n) is 20.0. The molecule has 9 heteroatoms. The number of methoxy groups -OCH3 is 1. The number of fused-ring (bicyclic) bond motifs is 1. The van der Waals surface area contributed by atoms with Crippen LogP contribution in [0.4, 0.5) is 0 Å². The highest BCUT2D eigenvalue weighted by molar-refractivity contribution is 6.35. The number of amides is 2. The van der Waals surface area contributed by atoms with Crippen LogP contribution in [0.3, 0.4) is 0 Å². The first kappa shape index (κ1) is 25.6. The molecule has 1 aromatic carbocycles. The minimum absolute atomic E-state index is 0.141. The van der Waals surface area contributed by atoms with Gasteiger partial charge >= 0.3 is 0 Å². The van der Waals surface area contributed by atoms with Crippen LogP contribution in [0.1, 0.15) is 63.4 Å². The first-order chi connectivity index (χ1) is 16.0. The minimum atomic E-state index is -0.869. The van der Waals surface area contributed by atoms with Crippen LogP contribution in [-0.4, -0.2) is 41.8 Å². The molecule has 3 N–H and O–H groups in total. The molecule has 34 heavy (non-hydrogen) atoms. The van der Waals surface area contributed by atoms with Crippen molar-refractivity contribution in [1.82, 2.24) is 15.6 Å². The number of ether oxygens (including phenoxy) is 1. The Labute approximate surface area is 204 Å². The number of aromatic nitrogens is 1. The second kappa shape index (κ2) is 10.5. The Hall–Kier alpha value is -3.05. The number of hydrogen-bond donors (Lipinski definition) is 3. The quantitative estimate of drug-likeness (QED) is 0.517. The van der Waals surface area contributed by atoms with E-state index < -0.39 is 23.9 Å². The van der Waals surface area contributed by atoms with Crippen LogP contribution < -0.4 is 15.4 Å². The fourth-order valence-electron chi connectivity index (χ4n) is 4.36. The van der Waals surface area contributed by atoms with E-state index >= 15 is 0 Å². The predicted octanol–water partition coefficient (Wildman–Crippen LogP) is 4.13. The van der Waals surface area contributed by atoms with E-state index in [0.29, 0.717) is 34.5 Å². The van der Waals surface area contributed by atoms with Crippen molar-refractivity contribution in [2.75, 3.05) is 7.11 Å². The molecule has 8 nitrogen and oxygen atoms in total. The number of carbonyl (C=O) groups is 3.